The zero-order valence-electron chi connectivity index (χ0n) is 30.1. The maximum atomic E-state index is 14.4. The number of rotatable bonds is 9. The first kappa shape index (κ1) is 37.6. The number of urea groups is 1. The van der Waals surface area contributed by atoms with Gasteiger partial charge in [0.25, 0.3) is 5.91 Å². The molecule has 52 heavy (non-hydrogen) atoms. The molecule has 13 nitrogen and oxygen atoms in total. The van der Waals surface area contributed by atoms with Crippen LogP contribution in [0.2, 0.25) is 0 Å². The highest BCUT2D eigenvalue weighted by molar-refractivity contribution is 6.14. The number of ether oxygens (including phenoxy) is 4. The number of nitrogens with zero attached hydrogens (tertiary/aromatic N) is 1. The van der Waals surface area contributed by atoms with E-state index in [-0.39, 0.29) is 48.1 Å². The fourth-order valence-corrected chi connectivity index (χ4v) is 6.57. The number of aliphatic hydroxyl groups is 1. The van der Waals surface area contributed by atoms with Crippen LogP contribution >= 0.6 is 0 Å². The monoisotopic (exact) mass is 712 g/mol. The predicted molar refractivity (Wildman–Crippen MR) is 197 cm³/mol. The summed E-state index contributed by atoms with van der Waals surface area (Å²) >= 11 is 0. The highest BCUT2D eigenvalue weighted by atomic mass is 16.5. The number of esters is 2. The molecule has 2 unspecified atom stereocenters. The molecule has 2 atom stereocenters. The van der Waals surface area contributed by atoms with Crippen molar-refractivity contribution in [3.05, 3.63) is 95.1 Å². The van der Waals surface area contributed by atoms with Gasteiger partial charge in [-0.15, -0.1) is 0 Å². The van der Waals surface area contributed by atoms with Crippen molar-refractivity contribution in [2.45, 2.75) is 44.3 Å². The standard InChI is InChI=1S/C39H44N4O9/c1-38(2,3)28-19-30(34(50-5)32(33(28)40)36(47)51-6)42-37(48)41-29-17-16-27(25-14-10-11-15-26(25)29)35(46)43-20-24(18-31(45)49-4)52-39(21-43,22-44)23-12-8-7-9-13-23/h7-17,19,24,44H,18,20-22,40H2,1-6H3,(H2,41,42,48). The number of carbonyl (C=O) groups is 4. The summed E-state index contributed by atoms with van der Waals surface area (Å²) in [6.45, 7) is 5.43. The molecule has 4 aromatic carbocycles. The Morgan fingerprint density at radius 1 is 0.923 bits per heavy atom. The molecular formula is C39H44N4O9. The molecule has 13 heteroatoms. The predicted octanol–water partition coefficient (Wildman–Crippen LogP) is 5.45. The van der Waals surface area contributed by atoms with Gasteiger partial charge in [-0.1, -0.05) is 75.4 Å². The van der Waals surface area contributed by atoms with Gasteiger partial charge < -0.3 is 45.3 Å². The number of benzene rings is 4. The Hall–Kier alpha value is -5.66. The molecule has 3 amide bonds. The van der Waals surface area contributed by atoms with Crippen molar-refractivity contribution in [3.63, 3.8) is 0 Å². The van der Waals surface area contributed by atoms with Crippen molar-refractivity contribution in [1.29, 1.82) is 0 Å². The molecule has 0 bridgehead atoms. The third-order valence-corrected chi connectivity index (χ3v) is 9.10. The van der Waals surface area contributed by atoms with Crippen LogP contribution in [-0.2, 0) is 30.0 Å². The highest BCUT2D eigenvalue weighted by Gasteiger charge is 2.44. The van der Waals surface area contributed by atoms with Crippen LogP contribution in [0.5, 0.6) is 5.75 Å². The minimum Gasteiger partial charge on any atom is -0.494 e. The maximum Gasteiger partial charge on any atom is 0.343 e. The van der Waals surface area contributed by atoms with Crippen LogP contribution in [0.4, 0.5) is 21.9 Å². The molecule has 4 aromatic rings. The normalized spacial score (nSPS) is 17.3. The van der Waals surface area contributed by atoms with Crippen molar-refractivity contribution >= 4 is 51.7 Å². The van der Waals surface area contributed by atoms with Crippen LogP contribution in [0.15, 0.2) is 72.8 Å². The lowest BCUT2D eigenvalue weighted by atomic mass is 9.84. The lowest BCUT2D eigenvalue weighted by Crippen LogP contribution is -2.57. The first-order chi connectivity index (χ1) is 24.8. The first-order valence-electron chi connectivity index (χ1n) is 16.7. The maximum absolute atomic E-state index is 14.4. The van der Waals surface area contributed by atoms with Crippen LogP contribution in [0, 0.1) is 0 Å². The Labute approximate surface area is 302 Å². The zero-order chi connectivity index (χ0) is 37.8. The topological polar surface area (TPSA) is 179 Å². The number of nitrogens with one attached hydrogen (secondary N) is 2. The van der Waals surface area contributed by atoms with E-state index in [0.717, 1.165) is 0 Å². The Balaban J connectivity index is 1.48. The fraction of sp³-hybridized carbons (Fsp3) is 0.333. The number of fused-ring (bicyclic) bond motifs is 1. The quantitative estimate of drug-likeness (QED) is 0.129. The lowest BCUT2D eigenvalue weighted by Gasteiger charge is -2.45. The van der Waals surface area contributed by atoms with E-state index in [0.29, 0.717) is 33.2 Å². The summed E-state index contributed by atoms with van der Waals surface area (Å²) in [4.78, 5) is 54.6. The summed E-state index contributed by atoms with van der Waals surface area (Å²) in [6.07, 6.45) is -0.873. The van der Waals surface area contributed by atoms with Gasteiger partial charge >= 0.3 is 18.0 Å². The summed E-state index contributed by atoms with van der Waals surface area (Å²) in [5.41, 5.74) is 7.02. The van der Waals surface area contributed by atoms with Crippen molar-refractivity contribution in [1.82, 2.24) is 4.90 Å². The van der Waals surface area contributed by atoms with Crippen LogP contribution in [-0.4, -0.2) is 81.0 Å². The van der Waals surface area contributed by atoms with Crippen LogP contribution in [0.1, 0.15) is 59.0 Å². The lowest BCUT2D eigenvalue weighted by molar-refractivity contribution is -0.180. The van der Waals surface area contributed by atoms with Gasteiger partial charge in [0.2, 0.25) is 0 Å². The van der Waals surface area contributed by atoms with Gasteiger partial charge in [-0.2, -0.15) is 0 Å². The van der Waals surface area contributed by atoms with E-state index in [1.807, 2.05) is 39.0 Å². The molecular weight excluding hydrogens is 668 g/mol. The van der Waals surface area contributed by atoms with Crippen LogP contribution < -0.4 is 21.1 Å². The van der Waals surface area contributed by atoms with Gasteiger partial charge in [-0.3, -0.25) is 9.59 Å². The smallest absolute Gasteiger partial charge is 0.343 e. The fourth-order valence-electron chi connectivity index (χ4n) is 6.57. The van der Waals surface area contributed by atoms with E-state index in [1.54, 1.807) is 59.5 Å². The average Bonchev–Trinajstić information content (AvgIpc) is 3.14. The van der Waals surface area contributed by atoms with Gasteiger partial charge in [0.15, 0.2) is 5.75 Å². The number of nitrogens with two attached hydrogens (primary N) is 1. The first-order valence-corrected chi connectivity index (χ1v) is 16.7. The molecule has 1 aliphatic heterocycles. The van der Waals surface area contributed by atoms with E-state index >= 15 is 0 Å². The van der Waals surface area contributed by atoms with Gasteiger partial charge in [-0.05, 0) is 40.1 Å². The molecule has 1 fully saturated rings. The number of hydrogen-bond donors (Lipinski definition) is 4. The van der Waals surface area contributed by atoms with E-state index in [2.05, 4.69) is 10.6 Å². The number of methoxy groups -OCH3 is 3. The minimum absolute atomic E-state index is 0.00420. The van der Waals surface area contributed by atoms with Gasteiger partial charge in [0, 0.05) is 17.5 Å². The van der Waals surface area contributed by atoms with Crippen molar-refractivity contribution < 1.29 is 43.2 Å². The second-order valence-corrected chi connectivity index (χ2v) is 13.5. The Kier molecular flexibility index (Phi) is 11.1. The van der Waals surface area contributed by atoms with E-state index in [9.17, 15) is 24.3 Å². The molecule has 274 valence electrons. The van der Waals surface area contributed by atoms with Gasteiger partial charge in [-0.25, -0.2) is 9.59 Å². The summed E-state index contributed by atoms with van der Waals surface area (Å²) in [6, 6.07) is 20.5. The Morgan fingerprint density at radius 3 is 2.19 bits per heavy atom. The van der Waals surface area contributed by atoms with Gasteiger partial charge in [0.05, 0.1) is 64.1 Å². The molecule has 0 aromatic heterocycles. The number of carbonyl (C=O) groups excluding carboxylic acids is 4. The Morgan fingerprint density at radius 2 is 1.58 bits per heavy atom. The summed E-state index contributed by atoms with van der Waals surface area (Å²) < 4.78 is 21.7. The van der Waals surface area contributed by atoms with Gasteiger partial charge in [0.1, 0.15) is 11.2 Å². The molecule has 0 aliphatic carbocycles. The molecule has 5 rings (SSSR count). The molecule has 1 heterocycles. The van der Waals surface area contributed by atoms with Crippen molar-refractivity contribution in [3.8, 4) is 5.75 Å². The number of morpholine rings is 1. The van der Waals surface area contributed by atoms with Crippen molar-refractivity contribution in [2.75, 3.05) is 57.4 Å². The highest BCUT2D eigenvalue weighted by Crippen LogP contribution is 2.41. The number of aliphatic hydroxyl groups excluding tert-OH is 1. The summed E-state index contributed by atoms with van der Waals surface area (Å²) in [5, 5.41) is 17.5. The number of nitrogen functional groups attached to an aromatic ring is 1. The largest absolute Gasteiger partial charge is 0.494 e. The molecule has 0 radical (unpaired) electrons. The second-order valence-electron chi connectivity index (χ2n) is 13.5. The zero-order valence-corrected chi connectivity index (χ0v) is 30.1. The SMILES string of the molecule is COC(=O)CC1CN(C(=O)c2ccc(NC(=O)Nc3cc(C(C)(C)C)c(N)c(C(=O)OC)c3OC)c3ccccc23)CC(CO)(c2ccccc2)O1. The summed E-state index contributed by atoms with van der Waals surface area (Å²) in [5.74, 6) is -1.53. The minimum atomic E-state index is -1.28. The van der Waals surface area contributed by atoms with Crippen molar-refractivity contribution in [2.24, 2.45) is 0 Å². The summed E-state index contributed by atoms with van der Waals surface area (Å²) in [7, 11) is 3.87. The molecule has 0 spiro atoms. The van der Waals surface area contributed by atoms with Crippen LogP contribution in [0.25, 0.3) is 10.8 Å². The molecule has 0 saturated carbocycles. The van der Waals surface area contributed by atoms with E-state index in [4.69, 9.17) is 24.7 Å². The molecule has 1 saturated heterocycles. The molecule has 5 N–H and O–H groups in total. The second kappa shape index (κ2) is 15.3. The number of anilines is 3. The van der Waals surface area contributed by atoms with E-state index < -0.39 is 41.7 Å². The number of hydrogen-bond acceptors (Lipinski definition) is 10. The Bertz CT molecular complexity index is 1990. The van der Waals surface area contributed by atoms with E-state index in [1.165, 1.54) is 21.3 Å². The average molecular weight is 713 g/mol. The van der Waals surface area contributed by atoms with Crippen LogP contribution in [0.3, 0.4) is 0 Å². The molecule has 1 aliphatic rings. The third-order valence-electron chi connectivity index (χ3n) is 9.10. The third kappa shape index (κ3) is 7.51. The number of amides is 3.